The van der Waals surface area contributed by atoms with Gasteiger partial charge in [0.15, 0.2) is 0 Å². The second-order valence-corrected chi connectivity index (χ2v) is 10.1. The number of amides is 2. The van der Waals surface area contributed by atoms with Crippen molar-refractivity contribution in [2.24, 2.45) is 10.2 Å². The van der Waals surface area contributed by atoms with Crippen molar-refractivity contribution in [2.75, 3.05) is 24.6 Å². The van der Waals surface area contributed by atoms with Crippen LogP contribution in [0.2, 0.25) is 0 Å². The minimum atomic E-state index is -4.24. The summed E-state index contributed by atoms with van der Waals surface area (Å²) in [5.74, 6) is -2.81. The maximum Gasteiger partial charge on any atom is 0.266 e. The van der Waals surface area contributed by atoms with Crippen LogP contribution < -0.4 is 10.6 Å². The molecule has 0 radical (unpaired) electrons. The van der Waals surface area contributed by atoms with E-state index in [2.05, 4.69) is 20.9 Å². The van der Waals surface area contributed by atoms with Crippen molar-refractivity contribution in [3.8, 4) is 5.75 Å². The van der Waals surface area contributed by atoms with Crippen molar-refractivity contribution >= 4 is 43.4 Å². The molecule has 13 nitrogen and oxygen atoms in total. The third-order valence-corrected chi connectivity index (χ3v) is 5.57. The van der Waals surface area contributed by atoms with E-state index in [1.165, 1.54) is 18.2 Å². The van der Waals surface area contributed by atoms with Gasteiger partial charge in [0.2, 0.25) is 5.91 Å². The number of phenols is 1. The zero-order chi connectivity index (χ0) is 25.4. The molecule has 0 aromatic heterocycles. The Kier molecular flexibility index (Phi) is 9.19. The van der Waals surface area contributed by atoms with Crippen LogP contribution in [0.3, 0.4) is 0 Å². The number of azo groups is 1. The number of nitrogens with one attached hydrogen (secondary N) is 2. The summed E-state index contributed by atoms with van der Waals surface area (Å²) in [6.07, 6.45) is -0.0169. The number of nitrogens with zero attached hydrogens (tertiary/aromatic N) is 2. The van der Waals surface area contributed by atoms with E-state index in [0.717, 1.165) is 0 Å². The minimum absolute atomic E-state index is 0.0169. The zero-order valence-corrected chi connectivity index (χ0v) is 19.2. The maximum atomic E-state index is 12.1. The first kappa shape index (κ1) is 26.8. The van der Waals surface area contributed by atoms with Crippen LogP contribution >= 0.6 is 0 Å². The van der Waals surface area contributed by atoms with Gasteiger partial charge in [0, 0.05) is 13.1 Å². The molecule has 0 saturated carbocycles. The monoisotopic (exact) mass is 514 g/mol. The number of rotatable bonds is 11. The Balaban J connectivity index is 1.96. The Bertz CT molecular complexity index is 1280. The Morgan fingerprint density at radius 3 is 1.91 bits per heavy atom. The predicted octanol–water partition coefficient (Wildman–Crippen LogP) is 0.972. The minimum Gasteiger partial charge on any atom is -0.507 e. The van der Waals surface area contributed by atoms with Crippen LogP contribution in [0.15, 0.2) is 52.7 Å². The molecule has 0 spiro atoms. The fraction of sp³-hybridized carbons (Fsp3) is 0.263. The summed E-state index contributed by atoms with van der Waals surface area (Å²) in [4.78, 5) is 23.9. The standard InChI is InChI=1S/C19H22N4O9S2/c24-17-6-5-15(12-16(17)19(26)21-8-10-34(30,31)32)23-22-14-3-1-13(2-4-14)11-18(25)20-7-9-33(27,28)29/h1-6,12,24H,7-11H2,(H,20,25)(H,21,26)(H,27,28,29)(H,30,31,32)/b23-22+. The molecule has 0 aliphatic heterocycles. The molecule has 2 aromatic rings. The third-order valence-electron chi connectivity index (χ3n) is 4.13. The lowest BCUT2D eigenvalue weighted by molar-refractivity contribution is -0.120. The summed E-state index contributed by atoms with van der Waals surface area (Å²) in [6, 6.07) is 10.2. The second-order valence-electron chi connectivity index (χ2n) is 6.92. The summed E-state index contributed by atoms with van der Waals surface area (Å²) < 4.78 is 60.1. The van der Waals surface area contributed by atoms with E-state index in [-0.39, 0.29) is 36.5 Å². The van der Waals surface area contributed by atoms with Crippen molar-refractivity contribution in [3.63, 3.8) is 0 Å². The molecule has 2 aromatic carbocycles. The summed E-state index contributed by atoms with van der Waals surface area (Å²) in [7, 11) is -8.40. The lowest BCUT2D eigenvalue weighted by Gasteiger charge is -2.06. The second kappa shape index (κ2) is 11.6. The fourth-order valence-corrected chi connectivity index (χ4v) is 3.24. The Hall–Kier alpha value is -3.40. The SMILES string of the molecule is O=C(Cc1ccc(/N=N/c2ccc(O)c(C(=O)NCCS(=O)(=O)O)c2)cc1)NCCS(=O)(=O)O. The first-order valence-electron chi connectivity index (χ1n) is 9.61. The summed E-state index contributed by atoms with van der Waals surface area (Å²) >= 11 is 0. The van der Waals surface area contributed by atoms with Gasteiger partial charge in [0.1, 0.15) is 5.75 Å². The van der Waals surface area contributed by atoms with E-state index in [0.29, 0.717) is 11.3 Å². The van der Waals surface area contributed by atoms with Crippen LogP contribution in [0.5, 0.6) is 5.75 Å². The molecule has 15 heteroatoms. The average molecular weight is 515 g/mol. The molecular formula is C19H22N4O9S2. The van der Waals surface area contributed by atoms with Gasteiger partial charge in [-0.25, -0.2) is 0 Å². The molecule has 0 aliphatic carbocycles. The number of carbonyl (C=O) groups excluding carboxylic acids is 2. The molecule has 0 atom stereocenters. The summed E-state index contributed by atoms with van der Waals surface area (Å²) in [5, 5.41) is 22.5. The van der Waals surface area contributed by atoms with E-state index in [1.807, 2.05) is 0 Å². The van der Waals surface area contributed by atoms with E-state index >= 15 is 0 Å². The molecule has 2 rings (SSSR count). The highest BCUT2D eigenvalue weighted by Crippen LogP contribution is 2.25. The van der Waals surface area contributed by atoms with E-state index < -0.39 is 43.6 Å². The van der Waals surface area contributed by atoms with Crippen LogP contribution in [0, 0.1) is 0 Å². The van der Waals surface area contributed by atoms with Gasteiger partial charge in [-0.15, -0.1) is 0 Å². The molecule has 0 heterocycles. The van der Waals surface area contributed by atoms with Crippen molar-refractivity contribution in [1.29, 1.82) is 0 Å². The highest BCUT2D eigenvalue weighted by atomic mass is 32.2. The van der Waals surface area contributed by atoms with Crippen LogP contribution in [0.4, 0.5) is 11.4 Å². The number of hydrogen-bond acceptors (Lipinski definition) is 9. The smallest absolute Gasteiger partial charge is 0.266 e. The fourth-order valence-electron chi connectivity index (χ4n) is 2.52. The topological polar surface area (TPSA) is 212 Å². The van der Waals surface area contributed by atoms with Crippen LogP contribution in [0.25, 0.3) is 0 Å². The first-order valence-corrected chi connectivity index (χ1v) is 12.8. The molecular weight excluding hydrogens is 492 g/mol. The molecule has 34 heavy (non-hydrogen) atoms. The molecule has 184 valence electrons. The first-order chi connectivity index (χ1) is 15.8. The molecule has 5 N–H and O–H groups in total. The lowest BCUT2D eigenvalue weighted by Crippen LogP contribution is -2.30. The van der Waals surface area contributed by atoms with E-state index in [4.69, 9.17) is 9.11 Å². The predicted molar refractivity (Wildman–Crippen MR) is 121 cm³/mol. The largest absolute Gasteiger partial charge is 0.507 e. The van der Waals surface area contributed by atoms with Gasteiger partial charge in [-0.2, -0.15) is 27.1 Å². The summed E-state index contributed by atoms with van der Waals surface area (Å²) in [5.41, 5.74) is 1.10. The van der Waals surface area contributed by atoms with Crippen molar-refractivity contribution < 1.29 is 40.6 Å². The van der Waals surface area contributed by atoms with Crippen molar-refractivity contribution in [3.05, 3.63) is 53.6 Å². The molecule has 0 saturated heterocycles. The van der Waals surface area contributed by atoms with E-state index in [9.17, 15) is 31.5 Å². The molecule has 0 bridgehead atoms. The Morgan fingerprint density at radius 2 is 1.32 bits per heavy atom. The molecule has 0 aliphatic rings. The van der Waals surface area contributed by atoms with Crippen LogP contribution in [-0.2, 0) is 31.5 Å². The number of carbonyl (C=O) groups is 2. The third kappa shape index (κ3) is 10.0. The van der Waals surface area contributed by atoms with Gasteiger partial charge in [-0.05, 0) is 35.9 Å². The van der Waals surface area contributed by atoms with Gasteiger partial charge in [-0.3, -0.25) is 18.7 Å². The lowest BCUT2D eigenvalue weighted by atomic mass is 10.1. The number of phenolic OH excluding ortho intramolecular Hbond substituents is 1. The quantitative estimate of drug-likeness (QED) is 0.213. The van der Waals surface area contributed by atoms with Crippen LogP contribution in [-0.4, -0.2) is 67.5 Å². The Morgan fingerprint density at radius 1 is 0.794 bits per heavy atom. The van der Waals surface area contributed by atoms with Gasteiger partial charge < -0.3 is 15.7 Å². The molecule has 0 fully saturated rings. The van der Waals surface area contributed by atoms with Crippen molar-refractivity contribution in [2.45, 2.75) is 6.42 Å². The normalized spacial score (nSPS) is 11.9. The van der Waals surface area contributed by atoms with Gasteiger partial charge in [0.05, 0.1) is 34.9 Å². The van der Waals surface area contributed by atoms with Gasteiger partial charge in [0.25, 0.3) is 26.1 Å². The highest BCUT2D eigenvalue weighted by Gasteiger charge is 2.13. The number of hydrogen-bond donors (Lipinski definition) is 5. The highest BCUT2D eigenvalue weighted by molar-refractivity contribution is 7.86. The number of aromatic hydroxyl groups is 1. The molecule has 2 amide bonds. The Labute approximate surface area is 195 Å². The maximum absolute atomic E-state index is 12.1. The van der Waals surface area contributed by atoms with Crippen LogP contribution in [0.1, 0.15) is 15.9 Å². The number of benzene rings is 2. The zero-order valence-electron chi connectivity index (χ0n) is 17.6. The molecule has 0 unspecified atom stereocenters. The van der Waals surface area contributed by atoms with Gasteiger partial charge in [-0.1, -0.05) is 12.1 Å². The summed E-state index contributed by atoms with van der Waals surface area (Å²) in [6.45, 7) is -0.565. The van der Waals surface area contributed by atoms with E-state index in [1.54, 1.807) is 24.3 Å². The van der Waals surface area contributed by atoms with Gasteiger partial charge >= 0.3 is 0 Å². The van der Waals surface area contributed by atoms with Crippen molar-refractivity contribution in [1.82, 2.24) is 10.6 Å². The average Bonchev–Trinajstić information content (AvgIpc) is 2.72.